The largest absolute Gasteiger partial charge is 0.331 e. The molecule has 3 heterocycles. The molecular weight excluding hydrogens is 468 g/mol. The molecule has 1 aromatic heterocycles. The lowest BCUT2D eigenvalue weighted by atomic mass is 9.82. The van der Waals surface area contributed by atoms with Crippen molar-refractivity contribution in [3.05, 3.63) is 46.6 Å². The van der Waals surface area contributed by atoms with Gasteiger partial charge in [0.05, 0.1) is 0 Å². The summed E-state index contributed by atoms with van der Waals surface area (Å²) in [4.78, 5) is 27.5. The van der Waals surface area contributed by atoms with E-state index in [2.05, 4.69) is 68.9 Å². The normalized spacial score (nSPS) is 24.3. The van der Waals surface area contributed by atoms with Crippen molar-refractivity contribution in [3.8, 4) is 0 Å². The Morgan fingerprint density at radius 2 is 1.83 bits per heavy atom. The molecule has 1 amide bonds. The lowest BCUT2D eigenvalue weighted by molar-refractivity contribution is -0.124. The molecular formula is C28H38N6OS. The average molecular weight is 507 g/mol. The summed E-state index contributed by atoms with van der Waals surface area (Å²) < 4.78 is 2.36. The Morgan fingerprint density at radius 1 is 1.14 bits per heavy atom. The van der Waals surface area contributed by atoms with Gasteiger partial charge in [-0.2, -0.15) is 0 Å². The minimum atomic E-state index is -0.539. The van der Waals surface area contributed by atoms with E-state index in [-0.39, 0.29) is 5.91 Å². The molecule has 1 aliphatic carbocycles. The summed E-state index contributed by atoms with van der Waals surface area (Å²) in [5.74, 6) is 3.17. The molecule has 2 fully saturated rings. The number of aryl methyl sites for hydroxylation is 2. The second-order valence-electron chi connectivity index (χ2n) is 10.7. The third-order valence-electron chi connectivity index (χ3n) is 8.16. The van der Waals surface area contributed by atoms with Crippen molar-refractivity contribution in [1.82, 2.24) is 19.6 Å². The van der Waals surface area contributed by atoms with Crippen LogP contribution in [-0.4, -0.2) is 51.7 Å². The predicted molar refractivity (Wildman–Crippen MR) is 149 cm³/mol. The number of nitrogens with one attached hydrogen (secondary N) is 2. The molecule has 0 unspecified atom stereocenters. The van der Waals surface area contributed by atoms with E-state index in [9.17, 15) is 4.79 Å². The quantitative estimate of drug-likeness (QED) is 0.499. The number of hydrogen-bond donors (Lipinski definition) is 2. The Bertz CT molecular complexity index is 1120. The van der Waals surface area contributed by atoms with Gasteiger partial charge in [0.15, 0.2) is 0 Å². The third kappa shape index (κ3) is 5.11. The Labute approximate surface area is 219 Å². The first-order chi connectivity index (χ1) is 17.3. The van der Waals surface area contributed by atoms with E-state index >= 15 is 0 Å². The van der Waals surface area contributed by atoms with E-state index in [4.69, 9.17) is 4.99 Å². The van der Waals surface area contributed by atoms with Crippen molar-refractivity contribution in [2.24, 2.45) is 16.8 Å². The van der Waals surface area contributed by atoms with E-state index < -0.39 is 5.54 Å². The molecule has 1 aromatic carbocycles. The van der Waals surface area contributed by atoms with Crippen molar-refractivity contribution < 1.29 is 4.79 Å². The number of H-pyrrole nitrogens is 1. The van der Waals surface area contributed by atoms with Crippen molar-refractivity contribution >= 4 is 41.4 Å². The maximum Gasteiger partial charge on any atom is 0.253 e. The number of aromatic nitrogens is 2. The molecule has 0 bridgehead atoms. The van der Waals surface area contributed by atoms with Gasteiger partial charge in [-0.25, -0.2) is 9.29 Å². The van der Waals surface area contributed by atoms with Crippen LogP contribution in [0.4, 0.5) is 11.6 Å². The van der Waals surface area contributed by atoms with Gasteiger partial charge in [-0.15, -0.1) is 0 Å². The summed E-state index contributed by atoms with van der Waals surface area (Å²) >= 11 is 1.74. The number of imidazole rings is 1. The molecule has 36 heavy (non-hydrogen) atoms. The van der Waals surface area contributed by atoms with Crippen LogP contribution in [0.3, 0.4) is 0 Å². The van der Waals surface area contributed by atoms with Gasteiger partial charge < -0.3 is 15.2 Å². The summed E-state index contributed by atoms with van der Waals surface area (Å²) in [6.45, 7) is 8.37. The zero-order valence-corrected chi connectivity index (χ0v) is 22.7. The zero-order chi connectivity index (χ0) is 25.3. The summed E-state index contributed by atoms with van der Waals surface area (Å²) in [6, 6.07) is 4.40. The van der Waals surface area contributed by atoms with Crippen molar-refractivity contribution in [2.75, 3.05) is 25.0 Å². The monoisotopic (exact) mass is 506 g/mol. The summed E-state index contributed by atoms with van der Waals surface area (Å²) in [6.07, 6.45) is 12.2. The molecule has 2 aliphatic heterocycles. The van der Waals surface area contributed by atoms with E-state index in [0.717, 1.165) is 62.2 Å². The number of amidine groups is 1. The summed E-state index contributed by atoms with van der Waals surface area (Å²) in [7, 11) is 2.02. The molecule has 0 atom stereocenters. The zero-order valence-electron chi connectivity index (χ0n) is 21.9. The Hall–Kier alpha value is -2.58. The molecule has 1 saturated heterocycles. The van der Waals surface area contributed by atoms with Crippen LogP contribution >= 0.6 is 11.9 Å². The molecule has 2 aromatic rings. The van der Waals surface area contributed by atoms with Crippen LogP contribution in [0.2, 0.25) is 0 Å². The number of piperidine rings is 1. The fraction of sp³-hybridized carbons (Fsp3) is 0.536. The molecule has 5 rings (SSSR count). The first-order valence-electron chi connectivity index (χ1n) is 13.2. The number of aliphatic imine (C=N–C) groups is 1. The van der Waals surface area contributed by atoms with Gasteiger partial charge in [-0.05, 0) is 85.8 Å². The minimum Gasteiger partial charge on any atom is -0.331 e. The Morgan fingerprint density at radius 3 is 2.47 bits per heavy atom. The lowest BCUT2D eigenvalue weighted by Gasteiger charge is -2.34. The molecule has 1 saturated carbocycles. The summed E-state index contributed by atoms with van der Waals surface area (Å²) in [5.41, 5.74) is 4.30. The highest BCUT2D eigenvalue weighted by molar-refractivity contribution is 8.00. The second kappa shape index (κ2) is 10.4. The van der Waals surface area contributed by atoms with Gasteiger partial charge in [0, 0.05) is 44.1 Å². The number of aromatic amines is 1. The average Bonchev–Trinajstić information content (AvgIpc) is 3.51. The van der Waals surface area contributed by atoms with E-state index in [1.807, 2.05) is 13.2 Å². The van der Waals surface area contributed by atoms with Crippen LogP contribution in [0.1, 0.15) is 62.1 Å². The standard InChI is InChI=1S/C28H38N6OS/c1-19-5-7-22(8-6-19)25-31-26(35)28(32-25)10-14-34(15-11-28)36-16-9-24-20(2)17-23(18-21(24)3)33(4)27-29-12-13-30-27/h9,12-13,16-19,22H,5-8,10-11,14-15H2,1-4H3,(H,29,30)(H,31,32,35)/b16-9+. The highest BCUT2D eigenvalue weighted by Gasteiger charge is 2.47. The maximum absolute atomic E-state index is 12.9. The van der Waals surface area contributed by atoms with E-state index in [0.29, 0.717) is 5.92 Å². The number of hydrogen-bond acceptors (Lipinski definition) is 6. The van der Waals surface area contributed by atoms with Gasteiger partial charge in [-0.3, -0.25) is 9.79 Å². The van der Waals surface area contributed by atoms with Gasteiger partial charge in [0.25, 0.3) is 5.91 Å². The van der Waals surface area contributed by atoms with Crippen LogP contribution in [0.15, 0.2) is 34.9 Å². The van der Waals surface area contributed by atoms with Gasteiger partial charge in [0.1, 0.15) is 11.4 Å². The number of anilines is 2. The SMILES string of the molecule is Cc1cc(N(C)c2ncc[nH]2)cc(C)c1/C=C/SN1CCC2(CC1)N=C(C1CCC(C)CC1)NC2=O. The number of benzene rings is 1. The minimum absolute atomic E-state index is 0.127. The number of rotatable bonds is 6. The second-order valence-corrected chi connectivity index (χ2v) is 11.7. The van der Waals surface area contributed by atoms with Crippen LogP contribution in [0.25, 0.3) is 6.08 Å². The van der Waals surface area contributed by atoms with Crippen LogP contribution < -0.4 is 10.2 Å². The molecule has 1 spiro atoms. The van der Waals surface area contributed by atoms with Crippen molar-refractivity contribution in [1.29, 1.82) is 0 Å². The van der Waals surface area contributed by atoms with Crippen molar-refractivity contribution in [2.45, 2.75) is 64.8 Å². The Balaban J connectivity index is 1.18. The maximum atomic E-state index is 12.9. The fourth-order valence-electron chi connectivity index (χ4n) is 5.72. The van der Waals surface area contributed by atoms with Gasteiger partial charge >= 0.3 is 0 Å². The van der Waals surface area contributed by atoms with E-state index in [1.165, 1.54) is 29.5 Å². The summed E-state index contributed by atoms with van der Waals surface area (Å²) in [5, 5.41) is 5.35. The molecule has 192 valence electrons. The molecule has 7 nitrogen and oxygen atoms in total. The van der Waals surface area contributed by atoms with Gasteiger partial charge in [-0.1, -0.05) is 31.7 Å². The lowest BCUT2D eigenvalue weighted by Crippen LogP contribution is -2.47. The van der Waals surface area contributed by atoms with Crippen LogP contribution in [0, 0.1) is 25.7 Å². The van der Waals surface area contributed by atoms with Crippen LogP contribution in [-0.2, 0) is 4.79 Å². The fourth-order valence-corrected chi connectivity index (χ4v) is 6.49. The smallest absolute Gasteiger partial charge is 0.253 e. The first kappa shape index (κ1) is 25.1. The number of carbonyl (C=O) groups excluding carboxylic acids is 1. The highest BCUT2D eigenvalue weighted by atomic mass is 32.2. The highest BCUT2D eigenvalue weighted by Crippen LogP contribution is 2.37. The predicted octanol–water partition coefficient (Wildman–Crippen LogP) is 5.60. The third-order valence-corrected chi connectivity index (χ3v) is 9.08. The van der Waals surface area contributed by atoms with Crippen molar-refractivity contribution in [3.63, 3.8) is 0 Å². The molecule has 3 aliphatic rings. The number of amides is 1. The Kier molecular flexibility index (Phi) is 7.26. The molecule has 2 N–H and O–H groups in total. The molecule has 8 heteroatoms. The first-order valence-corrected chi connectivity index (χ1v) is 14.0. The molecule has 0 radical (unpaired) electrons. The number of carbonyl (C=O) groups is 1. The van der Waals surface area contributed by atoms with E-state index in [1.54, 1.807) is 18.1 Å². The van der Waals surface area contributed by atoms with Gasteiger partial charge in [0.2, 0.25) is 5.95 Å². The van der Waals surface area contributed by atoms with Crippen LogP contribution in [0.5, 0.6) is 0 Å². The topological polar surface area (TPSA) is 76.6 Å². The number of nitrogens with zero attached hydrogens (tertiary/aromatic N) is 4.